The number of benzene rings is 13. The normalized spacial score (nSPS) is 12.7. The minimum absolute atomic E-state index is 1.14. The van der Waals surface area contributed by atoms with Crippen LogP contribution < -0.4 is 4.90 Å². The highest BCUT2D eigenvalue weighted by Crippen LogP contribution is 2.56. The summed E-state index contributed by atoms with van der Waals surface area (Å²) in [5, 5.41) is 17.9. The molecule has 0 fully saturated rings. The lowest BCUT2D eigenvalue weighted by atomic mass is 9.93. The van der Waals surface area contributed by atoms with Gasteiger partial charge < -0.3 is 14.0 Å². The van der Waals surface area contributed by atoms with Crippen LogP contribution in [-0.4, -0.2) is 9.13 Å². The zero-order valence-corrected chi connectivity index (χ0v) is 42.0. The first-order chi connectivity index (χ1) is 37.2. The molecule has 1 aliphatic heterocycles. The van der Waals surface area contributed by atoms with Crippen LogP contribution in [0.15, 0.2) is 259 Å². The van der Waals surface area contributed by atoms with Crippen molar-refractivity contribution < 1.29 is 0 Å². The Morgan fingerprint density at radius 3 is 1.36 bits per heavy atom. The molecule has 348 valence electrons. The van der Waals surface area contributed by atoms with Gasteiger partial charge in [-0.1, -0.05) is 151 Å². The molecule has 17 rings (SSSR count). The Labute approximate surface area is 439 Å². The first-order valence-corrected chi connectivity index (χ1v) is 27.3. The Morgan fingerprint density at radius 2 is 0.707 bits per heavy atom. The van der Waals surface area contributed by atoms with Crippen molar-refractivity contribution in [1.29, 1.82) is 0 Å². The van der Waals surface area contributed by atoms with E-state index in [1.165, 1.54) is 139 Å². The first-order valence-electron chi connectivity index (χ1n) is 25.6. The second kappa shape index (κ2) is 15.7. The molecule has 0 radical (unpaired) electrons. The maximum atomic E-state index is 2.54. The van der Waals surface area contributed by atoms with Crippen molar-refractivity contribution in [3.63, 3.8) is 0 Å². The summed E-state index contributed by atoms with van der Waals surface area (Å²) in [6.45, 7) is 0. The summed E-state index contributed by atoms with van der Waals surface area (Å²) in [5.41, 5.74) is 13.0. The van der Waals surface area contributed by atoms with Gasteiger partial charge in [0.15, 0.2) is 0 Å². The zero-order valence-electron chi connectivity index (χ0n) is 40.3. The smallest absolute Gasteiger partial charge is 0.0616 e. The summed E-state index contributed by atoms with van der Waals surface area (Å²) >= 11 is 3.81. The van der Waals surface area contributed by atoms with E-state index < -0.39 is 0 Å². The minimum atomic E-state index is 1.14. The Morgan fingerprint density at radius 1 is 0.253 bits per heavy atom. The molecule has 0 saturated carbocycles. The van der Waals surface area contributed by atoms with Gasteiger partial charge >= 0.3 is 0 Å². The van der Waals surface area contributed by atoms with Crippen molar-refractivity contribution in [2.75, 3.05) is 4.90 Å². The molecule has 0 N–H and O–H groups in total. The van der Waals surface area contributed by atoms with Gasteiger partial charge in [0, 0.05) is 68.6 Å². The first kappa shape index (κ1) is 41.4. The monoisotopic (exact) mass is 987 g/mol. The standard InChI is InChI=1S/C70H41N3S2/c1-3-17-46(18-4-1)71-61-26-14-13-25-53(61)56-33-44(27-30-62(56)71)45-28-31-63-57(34-45)58-37-48(29-32-64(58)72(63)47-19-5-2-6-20-47)73-65-35-42-15-7-8-16-43(42)36-69(65)75-70-40-60-59-38-54-51-23-11-9-21-49(51)50-22-10-12-24-52(50)55(54)39-67(59)74-68(60)41-66(70)73/h1-41H. The van der Waals surface area contributed by atoms with Crippen molar-refractivity contribution in [3.05, 3.63) is 249 Å². The highest BCUT2D eigenvalue weighted by Gasteiger charge is 2.28. The van der Waals surface area contributed by atoms with Crippen molar-refractivity contribution in [1.82, 2.24) is 9.13 Å². The molecule has 0 amide bonds. The highest BCUT2D eigenvalue weighted by molar-refractivity contribution is 7.99. The van der Waals surface area contributed by atoms with Crippen LogP contribution >= 0.6 is 23.1 Å². The average Bonchev–Trinajstić information content (AvgIpc) is 4.16. The highest BCUT2D eigenvalue weighted by atomic mass is 32.2. The molecular formula is C70H41N3S2. The Bertz CT molecular complexity index is 5100. The SMILES string of the molecule is c1ccc(-n2c3ccccc3c3cc(-c4ccc5c(c4)c4cc(N6c7cc8ccccc8cc7Sc7cc8c(cc76)sc6cc7c9ccccc9c9ccccc9c7cc68)ccc4n5-c4ccccc4)ccc32)cc1. The molecule has 0 unspecified atom stereocenters. The number of rotatable bonds is 4. The number of nitrogens with zero attached hydrogens (tertiary/aromatic N) is 3. The van der Waals surface area contributed by atoms with Gasteiger partial charge in [-0.2, -0.15) is 0 Å². The summed E-state index contributed by atoms with van der Waals surface area (Å²) in [6, 6.07) is 92.8. The van der Waals surface area contributed by atoms with E-state index in [1.807, 2.05) is 23.1 Å². The fourth-order valence-corrected chi connectivity index (χ4v) is 14.9. The van der Waals surface area contributed by atoms with Gasteiger partial charge in [-0.3, -0.25) is 0 Å². The average molecular weight is 988 g/mol. The second-order valence-corrected chi connectivity index (χ2v) is 22.2. The Balaban J connectivity index is 0.885. The van der Waals surface area contributed by atoms with Gasteiger partial charge in [0.25, 0.3) is 0 Å². The van der Waals surface area contributed by atoms with Crippen molar-refractivity contribution >= 4 is 147 Å². The topological polar surface area (TPSA) is 13.1 Å². The van der Waals surface area contributed by atoms with Crippen molar-refractivity contribution in [3.8, 4) is 22.5 Å². The molecule has 0 bridgehead atoms. The minimum Gasteiger partial charge on any atom is -0.309 e. The van der Waals surface area contributed by atoms with E-state index >= 15 is 0 Å². The van der Waals surface area contributed by atoms with E-state index in [0.717, 1.165) is 17.1 Å². The van der Waals surface area contributed by atoms with Crippen LogP contribution in [0.25, 0.3) is 129 Å². The van der Waals surface area contributed by atoms with Crippen LogP contribution in [-0.2, 0) is 0 Å². The van der Waals surface area contributed by atoms with E-state index in [2.05, 4.69) is 263 Å². The summed E-state index contributed by atoms with van der Waals surface area (Å²) in [7, 11) is 0. The van der Waals surface area contributed by atoms with E-state index in [9.17, 15) is 0 Å². The number of para-hydroxylation sites is 3. The number of aromatic nitrogens is 2. The molecule has 16 aromatic rings. The second-order valence-electron chi connectivity index (χ2n) is 20.0. The zero-order chi connectivity index (χ0) is 48.9. The maximum Gasteiger partial charge on any atom is 0.0616 e. The van der Waals surface area contributed by atoms with Crippen molar-refractivity contribution in [2.24, 2.45) is 0 Å². The fourth-order valence-electron chi connectivity index (χ4n) is 12.6. The molecule has 5 heteroatoms. The largest absolute Gasteiger partial charge is 0.309 e. The lowest BCUT2D eigenvalue weighted by Gasteiger charge is -2.33. The van der Waals surface area contributed by atoms with E-state index in [0.29, 0.717) is 0 Å². The fraction of sp³-hybridized carbons (Fsp3) is 0. The van der Waals surface area contributed by atoms with Gasteiger partial charge in [0.1, 0.15) is 0 Å². The number of fused-ring (bicyclic) bond motifs is 18. The number of thiophene rings is 1. The lowest BCUT2D eigenvalue weighted by molar-refractivity contribution is 1.17. The number of anilines is 3. The molecule has 4 heterocycles. The third kappa shape index (κ3) is 6.05. The van der Waals surface area contributed by atoms with Gasteiger partial charge in [-0.15, -0.1) is 11.3 Å². The summed E-state index contributed by atoms with van der Waals surface area (Å²) in [5.74, 6) is 0. The lowest BCUT2D eigenvalue weighted by Crippen LogP contribution is -2.15. The van der Waals surface area contributed by atoms with Gasteiger partial charge in [-0.05, 0) is 163 Å². The van der Waals surface area contributed by atoms with E-state index in [1.54, 1.807) is 0 Å². The summed E-state index contributed by atoms with van der Waals surface area (Å²) < 4.78 is 7.43. The molecule has 1 aliphatic rings. The molecule has 3 nitrogen and oxygen atoms in total. The predicted octanol–water partition coefficient (Wildman–Crippen LogP) is 20.5. The molecule has 0 aliphatic carbocycles. The van der Waals surface area contributed by atoms with Crippen LogP contribution in [0.2, 0.25) is 0 Å². The van der Waals surface area contributed by atoms with Gasteiger partial charge in [0.05, 0.1) is 33.4 Å². The van der Waals surface area contributed by atoms with Crippen LogP contribution in [0.5, 0.6) is 0 Å². The molecule has 0 atom stereocenters. The van der Waals surface area contributed by atoms with Crippen molar-refractivity contribution in [2.45, 2.75) is 9.79 Å². The quantitative estimate of drug-likeness (QED) is 0.163. The van der Waals surface area contributed by atoms with Crippen LogP contribution in [0.3, 0.4) is 0 Å². The molecule has 0 saturated heterocycles. The Kier molecular flexibility index (Phi) is 8.65. The summed E-state index contributed by atoms with van der Waals surface area (Å²) in [4.78, 5) is 5.05. The van der Waals surface area contributed by atoms with Crippen LogP contribution in [0, 0.1) is 0 Å². The molecule has 13 aromatic carbocycles. The Hall–Kier alpha value is -9.13. The molecule has 75 heavy (non-hydrogen) atoms. The van der Waals surface area contributed by atoms with Crippen LogP contribution in [0.1, 0.15) is 0 Å². The molecular weight excluding hydrogens is 947 g/mol. The van der Waals surface area contributed by atoms with E-state index in [4.69, 9.17) is 0 Å². The molecule has 3 aromatic heterocycles. The van der Waals surface area contributed by atoms with Crippen LogP contribution in [0.4, 0.5) is 17.1 Å². The maximum absolute atomic E-state index is 2.54. The van der Waals surface area contributed by atoms with E-state index in [-0.39, 0.29) is 0 Å². The van der Waals surface area contributed by atoms with Gasteiger partial charge in [-0.25, -0.2) is 0 Å². The van der Waals surface area contributed by atoms with Gasteiger partial charge in [0.2, 0.25) is 0 Å². The number of hydrogen-bond donors (Lipinski definition) is 0. The third-order valence-corrected chi connectivity index (χ3v) is 18.2. The molecule has 0 spiro atoms. The number of hydrogen-bond acceptors (Lipinski definition) is 3. The summed E-state index contributed by atoms with van der Waals surface area (Å²) in [6.07, 6.45) is 0. The third-order valence-electron chi connectivity index (χ3n) is 16.0. The predicted molar refractivity (Wildman–Crippen MR) is 322 cm³/mol.